The van der Waals surface area contributed by atoms with E-state index in [2.05, 4.69) is 4.98 Å². The summed E-state index contributed by atoms with van der Waals surface area (Å²) in [6, 6.07) is 24.0. The van der Waals surface area contributed by atoms with Crippen LogP contribution in [0.1, 0.15) is 16.7 Å². The Morgan fingerprint density at radius 3 is 1.73 bits per heavy atom. The van der Waals surface area contributed by atoms with Gasteiger partial charge in [-0.3, -0.25) is 4.98 Å². The first-order chi connectivity index (χ1) is 10.8. The van der Waals surface area contributed by atoms with Gasteiger partial charge < -0.3 is 5.11 Å². The maximum absolute atomic E-state index is 11.3. The third-order valence-electron chi connectivity index (χ3n) is 3.88. The fourth-order valence-electron chi connectivity index (χ4n) is 2.77. The molecule has 110 valence electrons. The van der Waals surface area contributed by atoms with Crippen LogP contribution in [0, 0.1) is 0 Å². The predicted octanol–water partition coefficient (Wildman–Crippen LogP) is 3.75. The van der Waals surface area contributed by atoms with E-state index in [0.29, 0.717) is 12.8 Å². The van der Waals surface area contributed by atoms with E-state index in [4.69, 9.17) is 0 Å². The van der Waals surface area contributed by atoms with Crippen molar-refractivity contribution in [3.63, 3.8) is 0 Å². The molecule has 0 fully saturated rings. The van der Waals surface area contributed by atoms with Crippen LogP contribution in [0.5, 0.6) is 0 Å². The van der Waals surface area contributed by atoms with Crippen LogP contribution in [0.15, 0.2) is 85.2 Å². The molecular formula is C20H19NO. The number of nitrogens with zero attached hydrogens (tertiary/aromatic N) is 1. The van der Waals surface area contributed by atoms with E-state index in [1.807, 2.05) is 72.8 Å². The summed E-state index contributed by atoms with van der Waals surface area (Å²) >= 11 is 0. The molecule has 1 N–H and O–H groups in total. The average molecular weight is 289 g/mol. The predicted molar refractivity (Wildman–Crippen MR) is 88.4 cm³/mol. The lowest BCUT2D eigenvalue weighted by molar-refractivity contribution is 0.0368. The molecule has 0 saturated carbocycles. The Kier molecular flexibility index (Phi) is 4.31. The molecule has 0 aliphatic rings. The van der Waals surface area contributed by atoms with Crippen molar-refractivity contribution >= 4 is 0 Å². The van der Waals surface area contributed by atoms with Crippen molar-refractivity contribution in [2.75, 3.05) is 0 Å². The molecule has 0 bridgehead atoms. The molecule has 0 aliphatic carbocycles. The zero-order valence-corrected chi connectivity index (χ0v) is 12.4. The zero-order valence-electron chi connectivity index (χ0n) is 12.4. The van der Waals surface area contributed by atoms with Gasteiger partial charge in [0.25, 0.3) is 0 Å². The van der Waals surface area contributed by atoms with Crippen LogP contribution in [0.3, 0.4) is 0 Å². The summed E-state index contributed by atoms with van der Waals surface area (Å²) < 4.78 is 0. The second kappa shape index (κ2) is 6.54. The van der Waals surface area contributed by atoms with Crippen LogP contribution in [0.25, 0.3) is 0 Å². The molecule has 2 heteroatoms. The van der Waals surface area contributed by atoms with E-state index >= 15 is 0 Å². The highest BCUT2D eigenvalue weighted by atomic mass is 16.3. The summed E-state index contributed by atoms with van der Waals surface area (Å²) in [7, 11) is 0. The van der Waals surface area contributed by atoms with Crippen LogP contribution in [0.4, 0.5) is 0 Å². The van der Waals surface area contributed by atoms with Gasteiger partial charge in [0.2, 0.25) is 0 Å². The van der Waals surface area contributed by atoms with Crippen molar-refractivity contribution in [2.24, 2.45) is 0 Å². The molecule has 1 heterocycles. The van der Waals surface area contributed by atoms with Gasteiger partial charge in [0.1, 0.15) is 0 Å². The first-order valence-corrected chi connectivity index (χ1v) is 7.47. The number of aromatic nitrogens is 1. The van der Waals surface area contributed by atoms with Gasteiger partial charge in [-0.25, -0.2) is 0 Å². The van der Waals surface area contributed by atoms with Crippen molar-refractivity contribution in [3.8, 4) is 0 Å². The van der Waals surface area contributed by atoms with E-state index in [9.17, 15) is 5.11 Å². The lowest BCUT2D eigenvalue weighted by Gasteiger charge is -2.29. The topological polar surface area (TPSA) is 33.1 Å². The van der Waals surface area contributed by atoms with Gasteiger partial charge in [-0.05, 0) is 17.2 Å². The molecule has 2 nitrogen and oxygen atoms in total. The van der Waals surface area contributed by atoms with Gasteiger partial charge in [-0.15, -0.1) is 0 Å². The molecule has 22 heavy (non-hydrogen) atoms. The minimum absolute atomic E-state index is 0.564. The normalized spacial score (nSPS) is 11.3. The lowest BCUT2D eigenvalue weighted by atomic mass is 9.83. The Bertz CT molecular complexity index is 654. The third-order valence-corrected chi connectivity index (χ3v) is 3.88. The van der Waals surface area contributed by atoms with Crippen molar-refractivity contribution in [3.05, 3.63) is 102 Å². The Balaban J connectivity index is 1.95. The molecule has 0 aliphatic heterocycles. The van der Waals surface area contributed by atoms with Gasteiger partial charge in [-0.1, -0.05) is 66.7 Å². The minimum atomic E-state index is -0.961. The number of rotatable bonds is 5. The molecule has 0 unspecified atom stereocenters. The lowest BCUT2D eigenvalue weighted by Crippen LogP contribution is -2.31. The van der Waals surface area contributed by atoms with Crippen LogP contribution in [0.2, 0.25) is 0 Å². The van der Waals surface area contributed by atoms with Gasteiger partial charge in [0.05, 0.1) is 5.60 Å². The van der Waals surface area contributed by atoms with Crippen LogP contribution >= 0.6 is 0 Å². The fraction of sp³-hybridized carbons (Fsp3) is 0.150. The van der Waals surface area contributed by atoms with Gasteiger partial charge in [0.15, 0.2) is 0 Å². The smallest absolute Gasteiger partial charge is 0.0991 e. The number of aliphatic hydroxyl groups is 1. The van der Waals surface area contributed by atoms with E-state index < -0.39 is 5.60 Å². The zero-order chi connectivity index (χ0) is 15.3. The van der Waals surface area contributed by atoms with Crippen LogP contribution < -0.4 is 0 Å². The quantitative estimate of drug-likeness (QED) is 0.776. The highest BCUT2D eigenvalue weighted by Gasteiger charge is 2.30. The SMILES string of the molecule is OC(Cc1ccccc1)(Cc1ccccc1)c1cccnc1. The fourth-order valence-corrected chi connectivity index (χ4v) is 2.77. The highest BCUT2D eigenvalue weighted by Crippen LogP contribution is 2.29. The summed E-state index contributed by atoms with van der Waals surface area (Å²) in [5.41, 5.74) is 2.12. The molecule has 0 saturated heterocycles. The molecule has 1 aromatic heterocycles. The largest absolute Gasteiger partial charge is 0.384 e. The van der Waals surface area contributed by atoms with Gasteiger partial charge >= 0.3 is 0 Å². The third kappa shape index (κ3) is 3.41. The second-order valence-electron chi connectivity index (χ2n) is 5.60. The minimum Gasteiger partial charge on any atom is -0.384 e. The molecule has 3 aromatic rings. The molecule has 0 amide bonds. The first-order valence-electron chi connectivity index (χ1n) is 7.47. The number of hydrogen-bond acceptors (Lipinski definition) is 2. The Morgan fingerprint density at radius 1 is 0.727 bits per heavy atom. The molecule has 0 atom stereocenters. The molecule has 2 aromatic carbocycles. The van der Waals surface area contributed by atoms with Crippen molar-refractivity contribution in [1.29, 1.82) is 0 Å². The molecular weight excluding hydrogens is 270 g/mol. The Hall–Kier alpha value is -2.45. The van der Waals surface area contributed by atoms with Crippen LogP contribution in [-0.4, -0.2) is 10.1 Å². The Morgan fingerprint density at radius 2 is 1.27 bits per heavy atom. The van der Waals surface area contributed by atoms with E-state index in [1.54, 1.807) is 12.4 Å². The van der Waals surface area contributed by atoms with Crippen molar-refractivity contribution < 1.29 is 5.11 Å². The number of pyridine rings is 1. The number of hydrogen-bond donors (Lipinski definition) is 1. The van der Waals surface area contributed by atoms with Crippen molar-refractivity contribution in [1.82, 2.24) is 4.98 Å². The maximum Gasteiger partial charge on any atom is 0.0991 e. The first kappa shape index (κ1) is 14.5. The van der Waals surface area contributed by atoms with Crippen molar-refractivity contribution in [2.45, 2.75) is 18.4 Å². The summed E-state index contributed by atoms with van der Waals surface area (Å²) in [4.78, 5) is 4.17. The molecule has 0 radical (unpaired) electrons. The maximum atomic E-state index is 11.3. The van der Waals surface area contributed by atoms with E-state index in [0.717, 1.165) is 16.7 Å². The number of benzene rings is 2. The van der Waals surface area contributed by atoms with Gasteiger partial charge in [-0.2, -0.15) is 0 Å². The Labute approximate surface area is 131 Å². The molecule has 0 spiro atoms. The summed E-state index contributed by atoms with van der Waals surface area (Å²) in [5.74, 6) is 0. The highest BCUT2D eigenvalue weighted by molar-refractivity contribution is 5.28. The summed E-state index contributed by atoms with van der Waals surface area (Å²) in [5, 5.41) is 11.3. The standard InChI is InChI=1S/C20H19NO/c22-20(19-12-7-13-21-16-19,14-17-8-3-1-4-9-17)15-18-10-5-2-6-11-18/h1-13,16,22H,14-15H2. The van der Waals surface area contributed by atoms with Crippen LogP contribution in [-0.2, 0) is 18.4 Å². The molecule has 3 rings (SSSR count). The summed E-state index contributed by atoms with van der Waals surface area (Å²) in [6.07, 6.45) is 4.61. The van der Waals surface area contributed by atoms with E-state index in [-0.39, 0.29) is 0 Å². The van der Waals surface area contributed by atoms with Gasteiger partial charge in [0, 0.05) is 30.8 Å². The average Bonchev–Trinajstić information content (AvgIpc) is 2.57. The van der Waals surface area contributed by atoms with E-state index in [1.165, 1.54) is 0 Å². The second-order valence-corrected chi connectivity index (χ2v) is 5.60. The summed E-state index contributed by atoms with van der Waals surface area (Å²) in [6.45, 7) is 0. The monoisotopic (exact) mass is 289 g/mol.